The highest BCUT2D eigenvalue weighted by Crippen LogP contribution is 2.31. The van der Waals surface area contributed by atoms with Crippen LogP contribution in [0.4, 0.5) is 0 Å². The van der Waals surface area contributed by atoms with Crippen molar-refractivity contribution in [2.24, 2.45) is 5.92 Å². The molecule has 1 aliphatic heterocycles. The summed E-state index contributed by atoms with van der Waals surface area (Å²) in [6, 6.07) is 0. The molecule has 0 fully saturated rings. The van der Waals surface area contributed by atoms with E-state index in [-0.39, 0.29) is 0 Å². The van der Waals surface area contributed by atoms with Gasteiger partial charge in [0.2, 0.25) is 0 Å². The molecule has 1 atom stereocenters. The van der Waals surface area contributed by atoms with Gasteiger partial charge in [0.1, 0.15) is 0 Å². The molecule has 0 amide bonds. The molecule has 1 nitrogen and oxygen atoms in total. The van der Waals surface area contributed by atoms with Crippen molar-refractivity contribution in [3.63, 3.8) is 0 Å². The zero-order valence-corrected chi connectivity index (χ0v) is 14.3. The van der Waals surface area contributed by atoms with Gasteiger partial charge < -0.3 is 4.90 Å². The monoisotopic (exact) mass is 275 g/mol. The van der Waals surface area contributed by atoms with Crippen LogP contribution >= 0.6 is 0 Å². The average Bonchev–Trinajstić information content (AvgIpc) is 2.45. The average molecular weight is 275 g/mol. The molecule has 20 heavy (non-hydrogen) atoms. The molecule has 1 rings (SSSR count). The molecule has 114 valence electrons. The van der Waals surface area contributed by atoms with Crippen molar-refractivity contribution in [1.29, 1.82) is 0 Å². The normalized spacial score (nSPS) is 17.4. The molecule has 0 aromatic rings. The Morgan fingerprint density at radius 1 is 1.10 bits per heavy atom. The highest BCUT2D eigenvalue weighted by Gasteiger charge is 2.19. The lowest BCUT2D eigenvalue weighted by molar-refractivity contribution is 0.392. The van der Waals surface area contributed by atoms with Crippen LogP contribution in [-0.2, 0) is 0 Å². The van der Waals surface area contributed by atoms with Crippen molar-refractivity contribution in [1.82, 2.24) is 4.90 Å². The van der Waals surface area contributed by atoms with Crippen LogP contribution in [0.5, 0.6) is 0 Å². The highest BCUT2D eigenvalue weighted by molar-refractivity contribution is 5.34. The minimum Gasteiger partial charge on any atom is -0.349 e. The molecule has 2 radical (unpaired) electrons. The molecular formula is C19H33N. The predicted molar refractivity (Wildman–Crippen MR) is 89.2 cm³/mol. The molecule has 1 heteroatoms. The number of nitrogens with zero attached hydrogens (tertiary/aromatic N) is 1. The van der Waals surface area contributed by atoms with Gasteiger partial charge in [0, 0.05) is 24.4 Å². The fourth-order valence-electron chi connectivity index (χ4n) is 2.90. The summed E-state index contributed by atoms with van der Waals surface area (Å²) in [6.07, 6.45) is 14.8. The lowest BCUT2D eigenvalue weighted by Gasteiger charge is -2.33. The highest BCUT2D eigenvalue weighted by atomic mass is 15.1. The van der Waals surface area contributed by atoms with E-state index in [9.17, 15) is 0 Å². The van der Waals surface area contributed by atoms with Gasteiger partial charge >= 0.3 is 0 Å². The molecule has 0 spiro atoms. The molecule has 1 aliphatic rings. The van der Waals surface area contributed by atoms with E-state index in [1.165, 1.54) is 61.9 Å². The van der Waals surface area contributed by atoms with Crippen molar-refractivity contribution in [3.8, 4) is 0 Å². The quantitative estimate of drug-likeness (QED) is 0.501. The van der Waals surface area contributed by atoms with Gasteiger partial charge in [-0.25, -0.2) is 0 Å². The predicted octanol–water partition coefficient (Wildman–Crippen LogP) is 5.97. The Morgan fingerprint density at radius 3 is 2.40 bits per heavy atom. The zero-order valence-electron chi connectivity index (χ0n) is 14.3. The van der Waals surface area contributed by atoms with Crippen LogP contribution in [0.15, 0.2) is 23.0 Å². The number of hydrogen-bond donors (Lipinski definition) is 0. The molecule has 0 saturated carbocycles. The molecule has 0 N–H and O–H groups in total. The van der Waals surface area contributed by atoms with E-state index in [0.717, 1.165) is 12.5 Å². The molecule has 0 aromatic heterocycles. The molecule has 0 aromatic carbocycles. The van der Waals surface area contributed by atoms with Crippen molar-refractivity contribution in [3.05, 3.63) is 29.5 Å². The Bertz CT molecular complexity index is 338. The van der Waals surface area contributed by atoms with E-state index < -0.39 is 0 Å². The smallest absolute Gasteiger partial charge is 0.0414 e. The summed E-state index contributed by atoms with van der Waals surface area (Å²) >= 11 is 0. The Morgan fingerprint density at radius 2 is 1.80 bits per heavy atom. The maximum Gasteiger partial charge on any atom is 0.0414 e. The number of hydrogen-bond acceptors (Lipinski definition) is 1. The fraction of sp³-hybridized carbons (Fsp3) is 0.737. The third-order valence-electron chi connectivity index (χ3n) is 4.49. The Labute approximate surface area is 127 Å². The largest absolute Gasteiger partial charge is 0.349 e. The van der Waals surface area contributed by atoms with Gasteiger partial charge in [0.25, 0.3) is 0 Å². The fourth-order valence-corrected chi connectivity index (χ4v) is 2.90. The Hall–Kier alpha value is -0.720. The second-order valence-corrected chi connectivity index (χ2v) is 6.12. The summed E-state index contributed by atoms with van der Waals surface area (Å²) in [5.41, 5.74) is 4.23. The van der Waals surface area contributed by atoms with Crippen LogP contribution in [0.1, 0.15) is 79.6 Å². The van der Waals surface area contributed by atoms with E-state index in [2.05, 4.69) is 52.0 Å². The standard InChI is InChI=1S/C19H33N/c1-6-9-11-18(8-3)15-19-13-12-16(4)20(17(19)5)14-10-7-2/h12,18H,6-11,14-15H2,1-5H3. The molecular weight excluding hydrogens is 242 g/mol. The van der Waals surface area contributed by atoms with E-state index in [0.29, 0.717) is 0 Å². The SMILES string of the molecule is CCCCC(CC)CC1=C(C)N(CCCC)C(C)=C[C]1. The van der Waals surface area contributed by atoms with Crippen LogP contribution in [0.3, 0.4) is 0 Å². The van der Waals surface area contributed by atoms with Crippen LogP contribution in [0.25, 0.3) is 0 Å². The van der Waals surface area contributed by atoms with Gasteiger partial charge in [0.05, 0.1) is 0 Å². The van der Waals surface area contributed by atoms with Crippen molar-refractivity contribution in [2.75, 3.05) is 6.54 Å². The summed E-state index contributed by atoms with van der Waals surface area (Å²) < 4.78 is 0. The first-order valence-corrected chi connectivity index (χ1v) is 8.54. The maximum atomic E-state index is 3.54. The van der Waals surface area contributed by atoms with E-state index in [1.54, 1.807) is 0 Å². The maximum absolute atomic E-state index is 3.54. The van der Waals surface area contributed by atoms with Crippen LogP contribution in [-0.4, -0.2) is 11.4 Å². The number of rotatable bonds is 9. The number of allylic oxidation sites excluding steroid dienone is 4. The summed E-state index contributed by atoms with van der Waals surface area (Å²) in [7, 11) is 0. The lowest BCUT2D eigenvalue weighted by atomic mass is 9.88. The summed E-state index contributed by atoms with van der Waals surface area (Å²) in [5.74, 6) is 0.826. The number of unbranched alkanes of at least 4 members (excludes halogenated alkanes) is 2. The van der Waals surface area contributed by atoms with Gasteiger partial charge in [-0.15, -0.1) is 0 Å². The summed E-state index contributed by atoms with van der Waals surface area (Å²) in [4.78, 5) is 2.49. The minimum atomic E-state index is 0.826. The van der Waals surface area contributed by atoms with Crippen LogP contribution in [0, 0.1) is 12.3 Å². The second kappa shape index (κ2) is 9.26. The third kappa shape index (κ3) is 5.00. The lowest BCUT2D eigenvalue weighted by Crippen LogP contribution is -2.25. The molecule has 0 saturated heterocycles. The first-order valence-electron chi connectivity index (χ1n) is 8.54. The first-order chi connectivity index (χ1) is 9.63. The Balaban J connectivity index is 2.69. The van der Waals surface area contributed by atoms with Crippen molar-refractivity contribution in [2.45, 2.75) is 79.6 Å². The van der Waals surface area contributed by atoms with Gasteiger partial charge in [0.15, 0.2) is 0 Å². The third-order valence-corrected chi connectivity index (χ3v) is 4.49. The zero-order chi connectivity index (χ0) is 15.0. The minimum absolute atomic E-state index is 0.826. The summed E-state index contributed by atoms with van der Waals surface area (Å²) in [5, 5.41) is 0. The van der Waals surface area contributed by atoms with Gasteiger partial charge in [-0.05, 0) is 38.2 Å². The van der Waals surface area contributed by atoms with Crippen LogP contribution in [0.2, 0.25) is 0 Å². The van der Waals surface area contributed by atoms with Gasteiger partial charge in [-0.2, -0.15) is 0 Å². The van der Waals surface area contributed by atoms with Crippen molar-refractivity contribution < 1.29 is 0 Å². The first kappa shape index (κ1) is 17.3. The Kier molecular flexibility index (Phi) is 8.02. The van der Waals surface area contributed by atoms with E-state index in [1.807, 2.05) is 0 Å². The summed E-state index contributed by atoms with van der Waals surface area (Å²) in [6.45, 7) is 12.5. The van der Waals surface area contributed by atoms with E-state index >= 15 is 0 Å². The van der Waals surface area contributed by atoms with Crippen LogP contribution < -0.4 is 0 Å². The molecule has 1 heterocycles. The topological polar surface area (TPSA) is 3.24 Å². The molecule has 0 aliphatic carbocycles. The van der Waals surface area contributed by atoms with E-state index in [4.69, 9.17) is 0 Å². The van der Waals surface area contributed by atoms with Gasteiger partial charge in [-0.1, -0.05) is 59.0 Å². The van der Waals surface area contributed by atoms with Gasteiger partial charge in [-0.3, -0.25) is 0 Å². The second-order valence-electron chi connectivity index (χ2n) is 6.12. The molecule has 0 bridgehead atoms. The molecule has 1 unspecified atom stereocenters. The van der Waals surface area contributed by atoms with Crippen molar-refractivity contribution >= 4 is 0 Å².